The Balaban J connectivity index is 2.37. The van der Waals surface area contributed by atoms with E-state index in [0.717, 1.165) is 6.07 Å². The summed E-state index contributed by atoms with van der Waals surface area (Å²) < 4.78 is 0. The van der Waals surface area contributed by atoms with Gasteiger partial charge in [0.05, 0.1) is 16.2 Å². The van der Waals surface area contributed by atoms with Gasteiger partial charge in [-0.25, -0.2) is 4.79 Å². The number of hydrogen-bond acceptors (Lipinski definition) is 6. The molecule has 0 heterocycles. The highest BCUT2D eigenvalue weighted by atomic mass is 16.6. The van der Waals surface area contributed by atoms with Gasteiger partial charge in [-0.1, -0.05) is 0 Å². The summed E-state index contributed by atoms with van der Waals surface area (Å²) in [5.41, 5.74) is 6.00. The van der Waals surface area contributed by atoms with Crippen LogP contribution in [-0.4, -0.2) is 16.0 Å². The number of non-ortho nitro benzene ring substituents is 1. The van der Waals surface area contributed by atoms with Crippen LogP contribution in [0.1, 0.15) is 10.4 Å². The highest BCUT2D eigenvalue weighted by Crippen LogP contribution is 2.26. The van der Waals surface area contributed by atoms with E-state index < -0.39 is 10.9 Å². The molecule has 0 aliphatic rings. The van der Waals surface area contributed by atoms with Crippen LogP contribution in [0, 0.1) is 10.1 Å². The second-order valence-corrected chi connectivity index (χ2v) is 4.06. The third-order valence-corrected chi connectivity index (χ3v) is 2.59. The van der Waals surface area contributed by atoms with Crippen LogP contribution in [0.4, 0.5) is 22.7 Å². The van der Waals surface area contributed by atoms with E-state index in [-0.39, 0.29) is 16.9 Å². The van der Waals surface area contributed by atoms with Crippen molar-refractivity contribution in [2.75, 3.05) is 5.73 Å². The molecule has 0 radical (unpaired) electrons. The largest absolute Gasteiger partial charge is 0.478 e. The fourth-order valence-electron chi connectivity index (χ4n) is 1.55. The van der Waals surface area contributed by atoms with Gasteiger partial charge in [0.15, 0.2) is 0 Å². The monoisotopic (exact) mass is 286 g/mol. The first-order chi connectivity index (χ1) is 9.97. The van der Waals surface area contributed by atoms with E-state index in [1.54, 1.807) is 24.3 Å². The number of anilines is 1. The predicted molar refractivity (Wildman–Crippen MR) is 75.1 cm³/mol. The number of nitro benzene ring substituents is 1. The second-order valence-electron chi connectivity index (χ2n) is 4.06. The molecule has 106 valence electrons. The van der Waals surface area contributed by atoms with Crippen molar-refractivity contribution in [1.29, 1.82) is 0 Å². The fourth-order valence-corrected chi connectivity index (χ4v) is 1.55. The van der Waals surface area contributed by atoms with Gasteiger partial charge in [0.2, 0.25) is 0 Å². The number of nitrogen functional groups attached to an aromatic ring is 1. The quantitative estimate of drug-likeness (QED) is 0.385. The van der Waals surface area contributed by atoms with Crippen molar-refractivity contribution in [3.8, 4) is 0 Å². The zero-order valence-corrected chi connectivity index (χ0v) is 10.6. The Kier molecular flexibility index (Phi) is 3.89. The summed E-state index contributed by atoms with van der Waals surface area (Å²) in [5.74, 6) is -1.31. The van der Waals surface area contributed by atoms with Crippen molar-refractivity contribution in [2.24, 2.45) is 10.2 Å². The molecule has 21 heavy (non-hydrogen) atoms. The van der Waals surface area contributed by atoms with Crippen molar-refractivity contribution in [1.82, 2.24) is 0 Å². The molecule has 0 atom stereocenters. The lowest BCUT2D eigenvalue weighted by Crippen LogP contribution is -1.98. The standard InChI is InChI=1S/C13H10N4O4/c14-8-1-3-9(4-2-8)15-16-12-6-5-10(17(20)21)7-11(12)13(18)19/h1-7H,14H2,(H,18,19). The SMILES string of the molecule is Nc1ccc(N=Nc2ccc([N+](=O)[O-])cc2C(=O)O)cc1. The number of nitro groups is 1. The maximum absolute atomic E-state index is 11.1. The molecule has 8 nitrogen and oxygen atoms in total. The van der Waals surface area contributed by atoms with Crippen molar-refractivity contribution in [3.05, 3.63) is 58.1 Å². The molecular formula is C13H10N4O4. The molecule has 0 saturated carbocycles. The minimum atomic E-state index is -1.31. The molecule has 2 aromatic rings. The predicted octanol–water partition coefficient (Wildman–Crippen LogP) is 3.29. The Morgan fingerprint density at radius 3 is 2.38 bits per heavy atom. The molecule has 0 amide bonds. The van der Waals surface area contributed by atoms with Crippen LogP contribution in [0.25, 0.3) is 0 Å². The summed E-state index contributed by atoms with van der Waals surface area (Å²) in [6, 6.07) is 9.84. The Bertz CT molecular complexity index is 725. The van der Waals surface area contributed by atoms with Crippen molar-refractivity contribution in [3.63, 3.8) is 0 Å². The molecule has 2 aromatic carbocycles. The number of nitrogens with zero attached hydrogens (tertiary/aromatic N) is 3. The lowest BCUT2D eigenvalue weighted by Gasteiger charge is -2.00. The van der Waals surface area contributed by atoms with E-state index in [0.29, 0.717) is 11.4 Å². The molecule has 0 unspecified atom stereocenters. The second kappa shape index (κ2) is 5.78. The Morgan fingerprint density at radius 2 is 1.81 bits per heavy atom. The summed E-state index contributed by atoms with van der Waals surface area (Å²) >= 11 is 0. The van der Waals surface area contributed by atoms with Gasteiger partial charge in [0.25, 0.3) is 5.69 Å². The average Bonchev–Trinajstić information content (AvgIpc) is 2.46. The van der Waals surface area contributed by atoms with Crippen molar-refractivity contribution >= 4 is 28.7 Å². The van der Waals surface area contributed by atoms with Crippen LogP contribution in [0.2, 0.25) is 0 Å². The molecule has 0 aliphatic carbocycles. The maximum Gasteiger partial charge on any atom is 0.338 e. The summed E-state index contributed by atoms with van der Waals surface area (Å²) in [6.45, 7) is 0. The normalized spacial score (nSPS) is 10.7. The number of aromatic carboxylic acids is 1. The number of hydrogen-bond donors (Lipinski definition) is 2. The van der Waals surface area contributed by atoms with E-state index in [9.17, 15) is 14.9 Å². The van der Waals surface area contributed by atoms with Gasteiger partial charge in [-0.2, -0.15) is 5.11 Å². The van der Waals surface area contributed by atoms with E-state index in [4.69, 9.17) is 10.8 Å². The van der Waals surface area contributed by atoms with Crippen LogP contribution in [0.3, 0.4) is 0 Å². The van der Waals surface area contributed by atoms with Crippen LogP contribution >= 0.6 is 0 Å². The molecule has 0 saturated heterocycles. The number of azo groups is 1. The van der Waals surface area contributed by atoms with Crippen molar-refractivity contribution < 1.29 is 14.8 Å². The van der Waals surface area contributed by atoms with Gasteiger partial charge in [0, 0.05) is 17.8 Å². The first kappa shape index (κ1) is 14.1. The Morgan fingerprint density at radius 1 is 1.14 bits per heavy atom. The molecule has 8 heteroatoms. The number of carboxylic acids is 1. The Labute approximate surface area is 118 Å². The summed E-state index contributed by atoms with van der Waals surface area (Å²) in [5, 5.41) is 27.4. The highest BCUT2D eigenvalue weighted by Gasteiger charge is 2.15. The van der Waals surface area contributed by atoms with Gasteiger partial charge < -0.3 is 10.8 Å². The summed E-state index contributed by atoms with van der Waals surface area (Å²) in [7, 11) is 0. The van der Waals surface area contributed by atoms with Crippen LogP contribution in [0.15, 0.2) is 52.7 Å². The van der Waals surface area contributed by atoms with Crippen LogP contribution < -0.4 is 5.73 Å². The van der Waals surface area contributed by atoms with Gasteiger partial charge in [-0.15, -0.1) is 5.11 Å². The van der Waals surface area contributed by atoms with E-state index in [2.05, 4.69) is 10.2 Å². The highest BCUT2D eigenvalue weighted by molar-refractivity contribution is 5.94. The van der Waals surface area contributed by atoms with Gasteiger partial charge in [-0.3, -0.25) is 10.1 Å². The smallest absolute Gasteiger partial charge is 0.338 e. The lowest BCUT2D eigenvalue weighted by molar-refractivity contribution is -0.384. The first-order valence-corrected chi connectivity index (χ1v) is 5.76. The maximum atomic E-state index is 11.1. The third kappa shape index (κ3) is 3.38. The summed E-state index contributed by atoms with van der Waals surface area (Å²) in [6.07, 6.45) is 0. The molecule has 0 aliphatic heterocycles. The van der Waals surface area contributed by atoms with E-state index in [1.807, 2.05) is 0 Å². The Hall–Kier alpha value is -3.29. The topological polar surface area (TPSA) is 131 Å². The van der Waals surface area contributed by atoms with Crippen LogP contribution in [-0.2, 0) is 0 Å². The third-order valence-electron chi connectivity index (χ3n) is 2.59. The zero-order valence-electron chi connectivity index (χ0n) is 10.6. The number of rotatable bonds is 4. The average molecular weight is 286 g/mol. The number of benzene rings is 2. The molecular weight excluding hydrogens is 276 g/mol. The minimum absolute atomic E-state index is 0.0323. The molecule has 0 bridgehead atoms. The zero-order chi connectivity index (χ0) is 15.4. The van der Waals surface area contributed by atoms with E-state index in [1.165, 1.54) is 12.1 Å². The first-order valence-electron chi connectivity index (χ1n) is 5.76. The van der Waals surface area contributed by atoms with Crippen LogP contribution in [0.5, 0.6) is 0 Å². The van der Waals surface area contributed by atoms with E-state index >= 15 is 0 Å². The van der Waals surface area contributed by atoms with Gasteiger partial charge in [-0.05, 0) is 30.3 Å². The fraction of sp³-hybridized carbons (Fsp3) is 0. The minimum Gasteiger partial charge on any atom is -0.478 e. The summed E-state index contributed by atoms with van der Waals surface area (Å²) in [4.78, 5) is 21.1. The van der Waals surface area contributed by atoms with Gasteiger partial charge >= 0.3 is 5.97 Å². The number of carboxylic acid groups (broad SMARTS) is 1. The van der Waals surface area contributed by atoms with Crippen molar-refractivity contribution in [2.45, 2.75) is 0 Å². The number of nitrogens with two attached hydrogens (primary N) is 1. The molecule has 0 spiro atoms. The molecule has 0 aromatic heterocycles. The molecule has 2 rings (SSSR count). The molecule has 0 fully saturated rings. The number of carbonyl (C=O) groups is 1. The van der Waals surface area contributed by atoms with Gasteiger partial charge in [0.1, 0.15) is 5.69 Å². The lowest BCUT2D eigenvalue weighted by atomic mass is 10.1. The molecule has 3 N–H and O–H groups in total.